The van der Waals surface area contributed by atoms with Crippen molar-refractivity contribution in [2.45, 2.75) is 38.1 Å². The van der Waals surface area contributed by atoms with Gasteiger partial charge in [-0.2, -0.15) is 0 Å². The van der Waals surface area contributed by atoms with Gasteiger partial charge in [-0.3, -0.25) is 14.4 Å². The number of hydrogen-bond donors (Lipinski definition) is 3. The average Bonchev–Trinajstić information content (AvgIpc) is 3.18. The number of aliphatic carboxylic acids is 1. The summed E-state index contributed by atoms with van der Waals surface area (Å²) in [6, 6.07) is 7.51. The van der Waals surface area contributed by atoms with E-state index < -0.39 is 17.8 Å². The molecule has 28 heavy (non-hydrogen) atoms. The Labute approximate surface area is 166 Å². The smallest absolute Gasteiger partial charge is 0.307 e. The third-order valence-electron chi connectivity index (χ3n) is 5.26. The summed E-state index contributed by atoms with van der Waals surface area (Å²) >= 11 is 1.30. The molecule has 2 amide bonds. The van der Waals surface area contributed by atoms with Crippen molar-refractivity contribution in [1.29, 1.82) is 0 Å². The Hall–Kier alpha value is -2.74. The van der Waals surface area contributed by atoms with Gasteiger partial charge in [-0.15, -0.1) is 11.3 Å². The third kappa shape index (κ3) is 4.06. The summed E-state index contributed by atoms with van der Waals surface area (Å²) in [5.74, 6) is -2.38. The van der Waals surface area contributed by atoms with Crippen LogP contribution in [0.25, 0.3) is 11.3 Å². The van der Waals surface area contributed by atoms with Gasteiger partial charge in [0, 0.05) is 22.5 Å². The number of aromatic nitrogens is 1. The van der Waals surface area contributed by atoms with Crippen molar-refractivity contribution in [3.8, 4) is 11.3 Å². The van der Waals surface area contributed by atoms with Gasteiger partial charge in [0.15, 0.2) is 5.13 Å². The van der Waals surface area contributed by atoms with Crippen LogP contribution in [0.1, 0.15) is 42.5 Å². The molecule has 2 aliphatic carbocycles. The Morgan fingerprint density at radius 3 is 2.43 bits per heavy atom. The van der Waals surface area contributed by atoms with E-state index in [2.05, 4.69) is 15.6 Å². The lowest BCUT2D eigenvalue weighted by atomic mass is 9.95. The molecule has 0 radical (unpaired) electrons. The summed E-state index contributed by atoms with van der Waals surface area (Å²) in [6.07, 6.45) is 3.97. The van der Waals surface area contributed by atoms with Crippen LogP contribution in [0.2, 0.25) is 0 Å². The quantitative estimate of drug-likeness (QED) is 0.691. The maximum atomic E-state index is 12.4. The van der Waals surface area contributed by atoms with E-state index >= 15 is 0 Å². The second-order valence-corrected chi connectivity index (χ2v) is 8.19. The minimum Gasteiger partial charge on any atom is -0.481 e. The topological polar surface area (TPSA) is 108 Å². The number of nitrogens with one attached hydrogen (secondary N) is 2. The van der Waals surface area contributed by atoms with Crippen molar-refractivity contribution >= 4 is 34.3 Å². The SMILES string of the molecule is O=C(NC1CC1)c1ccc(-c2csc(NC(=O)[C@H]3CCC[C@@H]3C(=O)O)n2)cc1. The highest BCUT2D eigenvalue weighted by atomic mass is 32.1. The van der Waals surface area contributed by atoms with Crippen LogP contribution in [-0.4, -0.2) is 33.9 Å². The van der Waals surface area contributed by atoms with Crippen molar-refractivity contribution in [3.05, 3.63) is 35.2 Å². The highest BCUT2D eigenvalue weighted by Crippen LogP contribution is 2.33. The molecule has 1 heterocycles. The van der Waals surface area contributed by atoms with Gasteiger partial charge >= 0.3 is 5.97 Å². The zero-order chi connectivity index (χ0) is 19.7. The number of benzene rings is 1. The summed E-state index contributed by atoms with van der Waals surface area (Å²) in [6.45, 7) is 0. The highest BCUT2D eigenvalue weighted by Gasteiger charge is 2.38. The average molecular weight is 399 g/mol. The largest absolute Gasteiger partial charge is 0.481 e. The van der Waals surface area contributed by atoms with Crippen LogP contribution in [0.5, 0.6) is 0 Å². The van der Waals surface area contributed by atoms with E-state index in [1.54, 1.807) is 12.1 Å². The van der Waals surface area contributed by atoms with Crippen molar-refractivity contribution in [2.24, 2.45) is 11.8 Å². The van der Waals surface area contributed by atoms with Gasteiger partial charge in [-0.25, -0.2) is 4.98 Å². The number of carbonyl (C=O) groups is 3. The first-order chi connectivity index (χ1) is 13.5. The molecule has 1 aromatic heterocycles. The second-order valence-electron chi connectivity index (χ2n) is 7.33. The molecule has 0 saturated heterocycles. The van der Waals surface area contributed by atoms with Gasteiger partial charge in [0.25, 0.3) is 5.91 Å². The Morgan fingerprint density at radius 1 is 1.04 bits per heavy atom. The number of rotatable bonds is 6. The Bertz CT molecular complexity index is 904. The summed E-state index contributed by atoms with van der Waals surface area (Å²) < 4.78 is 0. The number of anilines is 1. The number of carbonyl (C=O) groups excluding carboxylic acids is 2. The first-order valence-electron chi connectivity index (χ1n) is 9.42. The molecular formula is C20H21N3O4S. The van der Waals surface area contributed by atoms with E-state index in [0.29, 0.717) is 35.3 Å². The van der Waals surface area contributed by atoms with Gasteiger partial charge < -0.3 is 15.7 Å². The number of thiazole rings is 1. The Morgan fingerprint density at radius 2 is 1.75 bits per heavy atom. The van der Waals surface area contributed by atoms with Crippen LogP contribution in [0, 0.1) is 11.8 Å². The van der Waals surface area contributed by atoms with E-state index in [1.165, 1.54) is 11.3 Å². The summed E-state index contributed by atoms with van der Waals surface area (Å²) in [5.41, 5.74) is 2.17. The van der Waals surface area contributed by atoms with E-state index in [4.69, 9.17) is 0 Å². The minimum absolute atomic E-state index is 0.0650. The van der Waals surface area contributed by atoms with Crippen molar-refractivity contribution < 1.29 is 19.5 Å². The first-order valence-corrected chi connectivity index (χ1v) is 10.3. The van der Waals surface area contributed by atoms with Crippen LogP contribution in [0.4, 0.5) is 5.13 Å². The molecule has 2 aliphatic rings. The second kappa shape index (κ2) is 7.71. The van der Waals surface area contributed by atoms with Crippen molar-refractivity contribution in [3.63, 3.8) is 0 Å². The molecule has 0 spiro atoms. The molecule has 4 rings (SSSR count). The lowest BCUT2D eigenvalue weighted by Gasteiger charge is -2.14. The molecule has 3 N–H and O–H groups in total. The van der Waals surface area contributed by atoms with E-state index in [0.717, 1.165) is 24.8 Å². The van der Waals surface area contributed by atoms with Crippen LogP contribution in [0.15, 0.2) is 29.6 Å². The van der Waals surface area contributed by atoms with Gasteiger partial charge in [0.05, 0.1) is 17.5 Å². The third-order valence-corrected chi connectivity index (χ3v) is 6.02. The van der Waals surface area contributed by atoms with Crippen LogP contribution in [-0.2, 0) is 9.59 Å². The molecular weight excluding hydrogens is 378 g/mol. The first kappa shape index (κ1) is 18.6. The van der Waals surface area contributed by atoms with Gasteiger partial charge in [-0.05, 0) is 37.8 Å². The van der Waals surface area contributed by atoms with Crippen molar-refractivity contribution in [2.75, 3.05) is 5.32 Å². The van der Waals surface area contributed by atoms with Gasteiger partial charge in [0.1, 0.15) is 0 Å². The van der Waals surface area contributed by atoms with Gasteiger partial charge in [-0.1, -0.05) is 18.6 Å². The number of amides is 2. The van der Waals surface area contributed by atoms with Crippen LogP contribution < -0.4 is 10.6 Å². The molecule has 8 heteroatoms. The van der Waals surface area contributed by atoms with E-state index in [-0.39, 0.29) is 11.8 Å². The number of carboxylic acids is 1. The molecule has 146 valence electrons. The molecule has 1 aromatic carbocycles. The minimum atomic E-state index is -0.914. The van der Waals surface area contributed by atoms with Gasteiger partial charge in [0.2, 0.25) is 5.91 Å². The number of nitrogens with zero attached hydrogens (tertiary/aromatic N) is 1. The lowest BCUT2D eigenvalue weighted by molar-refractivity contribution is -0.145. The number of hydrogen-bond acceptors (Lipinski definition) is 5. The fraction of sp³-hybridized carbons (Fsp3) is 0.400. The van der Waals surface area contributed by atoms with E-state index in [1.807, 2.05) is 17.5 Å². The normalized spacial score (nSPS) is 21.3. The number of carboxylic acid groups (broad SMARTS) is 1. The molecule has 2 atom stereocenters. The maximum absolute atomic E-state index is 12.4. The predicted octanol–water partition coefficient (Wildman–Crippen LogP) is 3.14. The molecule has 2 fully saturated rings. The summed E-state index contributed by atoms with van der Waals surface area (Å²) in [7, 11) is 0. The van der Waals surface area contributed by atoms with Crippen molar-refractivity contribution in [1.82, 2.24) is 10.3 Å². The monoisotopic (exact) mass is 399 g/mol. The molecule has 7 nitrogen and oxygen atoms in total. The molecule has 2 saturated carbocycles. The predicted molar refractivity (Wildman–Crippen MR) is 105 cm³/mol. The summed E-state index contributed by atoms with van der Waals surface area (Å²) in [4.78, 5) is 40.2. The lowest BCUT2D eigenvalue weighted by Crippen LogP contribution is -2.29. The standard InChI is InChI=1S/C20H21N3O4S/c24-17(21-13-8-9-13)12-6-4-11(5-7-12)16-10-28-20(22-16)23-18(25)14-2-1-3-15(14)19(26)27/h4-7,10,13-15H,1-3,8-9H2,(H,21,24)(H,26,27)(H,22,23,25)/t14-,15-/m0/s1. The zero-order valence-corrected chi connectivity index (χ0v) is 16.0. The summed E-state index contributed by atoms with van der Waals surface area (Å²) in [5, 5.41) is 17.2. The fourth-order valence-corrected chi connectivity index (χ4v) is 4.24. The molecule has 2 aromatic rings. The van der Waals surface area contributed by atoms with Crippen LogP contribution >= 0.6 is 11.3 Å². The highest BCUT2D eigenvalue weighted by molar-refractivity contribution is 7.14. The van der Waals surface area contributed by atoms with Crippen LogP contribution in [0.3, 0.4) is 0 Å². The zero-order valence-electron chi connectivity index (χ0n) is 15.2. The molecule has 0 aliphatic heterocycles. The van der Waals surface area contributed by atoms with E-state index in [9.17, 15) is 19.5 Å². The molecule has 0 bridgehead atoms. The Kier molecular flexibility index (Phi) is 5.13. The fourth-order valence-electron chi connectivity index (χ4n) is 3.52. The molecule has 0 unspecified atom stereocenters. The Balaban J connectivity index is 1.40. The maximum Gasteiger partial charge on any atom is 0.307 e.